The van der Waals surface area contributed by atoms with E-state index in [1.165, 1.54) is 6.07 Å². The van der Waals surface area contributed by atoms with E-state index >= 15 is 0 Å². The highest BCUT2D eigenvalue weighted by molar-refractivity contribution is 5.68. The molecule has 0 radical (unpaired) electrons. The second-order valence-corrected chi connectivity index (χ2v) is 3.29. The second kappa shape index (κ2) is 3.25. The molecule has 3 heteroatoms. The summed E-state index contributed by atoms with van der Waals surface area (Å²) >= 11 is 0. The summed E-state index contributed by atoms with van der Waals surface area (Å²) in [7, 11) is 0. The van der Waals surface area contributed by atoms with Crippen molar-refractivity contribution < 1.29 is 4.39 Å². The standard InChI is InChI=1S/C11H11FN2/c1-7-11(8(2)14-13-7)9-5-3-4-6-10(9)12/h3-6H,1-2H3,(H,13,14). The van der Waals surface area contributed by atoms with Gasteiger partial charge in [-0.05, 0) is 19.9 Å². The van der Waals surface area contributed by atoms with Gasteiger partial charge < -0.3 is 0 Å². The lowest BCUT2D eigenvalue weighted by atomic mass is 10.0. The highest BCUT2D eigenvalue weighted by Gasteiger charge is 2.11. The molecular formula is C11H11FN2. The van der Waals surface area contributed by atoms with Gasteiger partial charge in [-0.3, -0.25) is 5.10 Å². The van der Waals surface area contributed by atoms with E-state index in [2.05, 4.69) is 10.2 Å². The molecule has 0 fully saturated rings. The Morgan fingerprint density at radius 3 is 2.50 bits per heavy atom. The van der Waals surface area contributed by atoms with Crippen LogP contribution in [-0.4, -0.2) is 10.2 Å². The minimum atomic E-state index is -0.208. The van der Waals surface area contributed by atoms with E-state index < -0.39 is 0 Å². The van der Waals surface area contributed by atoms with Gasteiger partial charge in [0.2, 0.25) is 0 Å². The Morgan fingerprint density at radius 2 is 1.93 bits per heavy atom. The quantitative estimate of drug-likeness (QED) is 0.736. The molecule has 1 N–H and O–H groups in total. The Hall–Kier alpha value is -1.64. The molecule has 1 heterocycles. The fraction of sp³-hybridized carbons (Fsp3) is 0.182. The molecule has 0 amide bonds. The summed E-state index contributed by atoms with van der Waals surface area (Å²) < 4.78 is 13.5. The zero-order valence-corrected chi connectivity index (χ0v) is 8.13. The van der Waals surface area contributed by atoms with Crippen LogP contribution in [0, 0.1) is 19.7 Å². The number of aromatic nitrogens is 2. The maximum absolute atomic E-state index is 13.5. The van der Waals surface area contributed by atoms with Crippen molar-refractivity contribution in [2.45, 2.75) is 13.8 Å². The number of nitrogens with zero attached hydrogens (tertiary/aromatic N) is 1. The van der Waals surface area contributed by atoms with Crippen LogP contribution < -0.4 is 0 Å². The van der Waals surface area contributed by atoms with Crippen LogP contribution in [0.2, 0.25) is 0 Å². The molecule has 0 saturated heterocycles. The number of hydrogen-bond acceptors (Lipinski definition) is 1. The van der Waals surface area contributed by atoms with Crippen LogP contribution in [-0.2, 0) is 0 Å². The van der Waals surface area contributed by atoms with E-state index in [4.69, 9.17) is 0 Å². The van der Waals surface area contributed by atoms with E-state index in [0.29, 0.717) is 5.56 Å². The topological polar surface area (TPSA) is 28.7 Å². The van der Waals surface area contributed by atoms with Crippen LogP contribution >= 0.6 is 0 Å². The summed E-state index contributed by atoms with van der Waals surface area (Å²) in [5, 5.41) is 6.89. The molecule has 0 aliphatic carbocycles. The van der Waals surface area contributed by atoms with Crippen molar-refractivity contribution in [3.8, 4) is 11.1 Å². The number of halogens is 1. The molecule has 2 nitrogen and oxygen atoms in total. The Balaban J connectivity index is 2.66. The summed E-state index contributed by atoms with van der Waals surface area (Å²) in [4.78, 5) is 0. The predicted octanol–water partition coefficient (Wildman–Crippen LogP) is 2.83. The summed E-state index contributed by atoms with van der Waals surface area (Å²) in [5.41, 5.74) is 3.19. The largest absolute Gasteiger partial charge is 0.282 e. The van der Waals surface area contributed by atoms with Crippen LogP contribution in [0.4, 0.5) is 4.39 Å². The second-order valence-electron chi connectivity index (χ2n) is 3.29. The van der Waals surface area contributed by atoms with Crippen LogP contribution in [0.1, 0.15) is 11.4 Å². The van der Waals surface area contributed by atoms with Gasteiger partial charge in [0.1, 0.15) is 5.82 Å². The first-order valence-corrected chi connectivity index (χ1v) is 4.46. The Kier molecular flexibility index (Phi) is 2.08. The molecule has 0 aliphatic heterocycles. The molecule has 0 spiro atoms. The van der Waals surface area contributed by atoms with Gasteiger partial charge in [0.25, 0.3) is 0 Å². The van der Waals surface area contributed by atoms with Crippen molar-refractivity contribution in [3.63, 3.8) is 0 Å². The first-order chi connectivity index (χ1) is 6.70. The Morgan fingerprint density at radius 1 is 1.21 bits per heavy atom. The summed E-state index contributed by atoms with van der Waals surface area (Å²) in [6.07, 6.45) is 0. The van der Waals surface area contributed by atoms with Crippen molar-refractivity contribution in [2.24, 2.45) is 0 Å². The highest BCUT2D eigenvalue weighted by Crippen LogP contribution is 2.27. The third-order valence-electron chi connectivity index (χ3n) is 2.27. The van der Waals surface area contributed by atoms with Crippen LogP contribution in [0.25, 0.3) is 11.1 Å². The van der Waals surface area contributed by atoms with Gasteiger partial charge in [-0.2, -0.15) is 5.10 Å². The van der Waals surface area contributed by atoms with E-state index in [1.807, 2.05) is 19.9 Å². The molecule has 14 heavy (non-hydrogen) atoms. The highest BCUT2D eigenvalue weighted by atomic mass is 19.1. The third-order valence-corrected chi connectivity index (χ3v) is 2.27. The summed E-state index contributed by atoms with van der Waals surface area (Å²) in [6, 6.07) is 6.73. The molecule has 1 aromatic carbocycles. The zero-order valence-electron chi connectivity index (χ0n) is 8.13. The summed E-state index contributed by atoms with van der Waals surface area (Å²) in [5.74, 6) is -0.208. The Bertz CT molecular complexity index is 441. The third kappa shape index (κ3) is 1.31. The van der Waals surface area contributed by atoms with Gasteiger partial charge in [-0.25, -0.2) is 4.39 Å². The average Bonchev–Trinajstić information content (AvgIpc) is 2.48. The van der Waals surface area contributed by atoms with Gasteiger partial charge in [0.15, 0.2) is 0 Å². The lowest BCUT2D eigenvalue weighted by Gasteiger charge is -2.02. The molecule has 0 bridgehead atoms. The van der Waals surface area contributed by atoms with E-state index in [-0.39, 0.29) is 5.82 Å². The van der Waals surface area contributed by atoms with Crippen LogP contribution in [0.5, 0.6) is 0 Å². The van der Waals surface area contributed by atoms with Crippen molar-refractivity contribution >= 4 is 0 Å². The number of H-pyrrole nitrogens is 1. The zero-order chi connectivity index (χ0) is 10.1. The van der Waals surface area contributed by atoms with Crippen LogP contribution in [0.15, 0.2) is 24.3 Å². The van der Waals surface area contributed by atoms with E-state index in [1.54, 1.807) is 12.1 Å². The van der Waals surface area contributed by atoms with E-state index in [9.17, 15) is 4.39 Å². The number of rotatable bonds is 1. The van der Waals surface area contributed by atoms with E-state index in [0.717, 1.165) is 17.0 Å². The number of hydrogen-bond donors (Lipinski definition) is 1. The minimum Gasteiger partial charge on any atom is -0.282 e. The monoisotopic (exact) mass is 190 g/mol. The number of aromatic amines is 1. The molecule has 0 unspecified atom stereocenters. The molecular weight excluding hydrogens is 179 g/mol. The smallest absolute Gasteiger partial charge is 0.131 e. The van der Waals surface area contributed by atoms with Crippen molar-refractivity contribution in [1.29, 1.82) is 0 Å². The molecule has 1 aromatic heterocycles. The van der Waals surface area contributed by atoms with Crippen molar-refractivity contribution in [2.75, 3.05) is 0 Å². The summed E-state index contributed by atoms with van der Waals surface area (Å²) in [6.45, 7) is 3.76. The fourth-order valence-corrected chi connectivity index (χ4v) is 1.61. The van der Waals surface area contributed by atoms with Crippen molar-refractivity contribution in [1.82, 2.24) is 10.2 Å². The molecule has 2 rings (SSSR count). The number of nitrogens with one attached hydrogen (secondary N) is 1. The fourth-order valence-electron chi connectivity index (χ4n) is 1.61. The SMILES string of the molecule is Cc1n[nH]c(C)c1-c1ccccc1F. The maximum Gasteiger partial charge on any atom is 0.131 e. The first-order valence-electron chi connectivity index (χ1n) is 4.46. The Labute approximate surface area is 81.8 Å². The maximum atomic E-state index is 13.5. The number of aryl methyl sites for hydroxylation is 2. The van der Waals surface area contributed by atoms with Gasteiger partial charge in [0.05, 0.1) is 5.69 Å². The van der Waals surface area contributed by atoms with Gasteiger partial charge in [-0.15, -0.1) is 0 Å². The van der Waals surface area contributed by atoms with Crippen molar-refractivity contribution in [3.05, 3.63) is 41.5 Å². The van der Waals surface area contributed by atoms with Gasteiger partial charge in [0, 0.05) is 16.8 Å². The molecule has 0 aliphatic rings. The van der Waals surface area contributed by atoms with Gasteiger partial charge in [-0.1, -0.05) is 18.2 Å². The molecule has 2 aromatic rings. The average molecular weight is 190 g/mol. The lowest BCUT2D eigenvalue weighted by molar-refractivity contribution is 0.631. The first kappa shape index (κ1) is 8.94. The molecule has 72 valence electrons. The minimum absolute atomic E-state index is 0.208. The lowest BCUT2D eigenvalue weighted by Crippen LogP contribution is -1.86. The van der Waals surface area contributed by atoms with Gasteiger partial charge >= 0.3 is 0 Å². The van der Waals surface area contributed by atoms with Crippen LogP contribution in [0.3, 0.4) is 0 Å². The number of benzene rings is 1. The predicted molar refractivity (Wildman–Crippen MR) is 53.5 cm³/mol. The normalized spacial score (nSPS) is 10.5. The molecule has 0 saturated carbocycles. The molecule has 0 atom stereocenters.